The van der Waals surface area contributed by atoms with Gasteiger partial charge in [0, 0.05) is 29.4 Å². The lowest BCUT2D eigenvalue weighted by molar-refractivity contribution is -0.0328. The molecule has 182 valence electrons. The average molecular weight is 500 g/mol. The van der Waals surface area contributed by atoms with Gasteiger partial charge in [0.1, 0.15) is 6.26 Å². The van der Waals surface area contributed by atoms with Gasteiger partial charge in [-0.1, -0.05) is 29.5 Å². The highest BCUT2D eigenvalue weighted by atomic mass is 32.2. The summed E-state index contributed by atoms with van der Waals surface area (Å²) in [5.74, 6) is 0.428. The number of halogens is 3. The zero-order chi connectivity index (χ0) is 24.5. The number of hydrogen-bond donors (Lipinski definition) is 1. The first-order chi connectivity index (χ1) is 16.9. The Hall–Kier alpha value is -3.53. The number of aromatic nitrogens is 4. The molecule has 0 fully saturated rings. The zero-order valence-corrected chi connectivity index (χ0v) is 19.6. The maximum absolute atomic E-state index is 12.4. The molecule has 0 saturated heterocycles. The molecule has 2 heterocycles. The van der Waals surface area contributed by atoms with Crippen LogP contribution in [0, 0.1) is 0 Å². The van der Waals surface area contributed by atoms with Crippen molar-refractivity contribution in [3.05, 3.63) is 89.9 Å². The molecule has 0 saturated carbocycles. The lowest BCUT2D eigenvalue weighted by atomic mass is 10.1. The van der Waals surface area contributed by atoms with Crippen LogP contribution >= 0.6 is 11.8 Å². The van der Waals surface area contributed by atoms with Crippen molar-refractivity contribution < 1.29 is 17.6 Å². The van der Waals surface area contributed by atoms with Crippen molar-refractivity contribution in [1.82, 2.24) is 20.0 Å². The minimum Gasteiger partial charge on any atom is -0.445 e. The fourth-order valence-corrected chi connectivity index (χ4v) is 3.90. The summed E-state index contributed by atoms with van der Waals surface area (Å²) in [4.78, 5) is 4.56. The predicted molar refractivity (Wildman–Crippen MR) is 131 cm³/mol. The maximum Gasteiger partial charge on any atom is 0.446 e. The largest absolute Gasteiger partial charge is 0.446 e. The number of rotatable bonds is 11. The third-order valence-corrected chi connectivity index (χ3v) is 5.84. The van der Waals surface area contributed by atoms with Gasteiger partial charge >= 0.3 is 5.51 Å². The molecule has 4 aromatic rings. The zero-order valence-electron chi connectivity index (χ0n) is 18.8. The molecule has 6 nitrogen and oxygen atoms in total. The molecular weight excluding hydrogens is 475 g/mol. The average Bonchev–Trinajstić information content (AvgIpc) is 3.52. The van der Waals surface area contributed by atoms with Gasteiger partial charge < -0.3 is 9.73 Å². The van der Waals surface area contributed by atoms with Gasteiger partial charge in [0.2, 0.25) is 5.89 Å². The van der Waals surface area contributed by atoms with Gasteiger partial charge in [-0.2, -0.15) is 13.2 Å². The van der Waals surface area contributed by atoms with E-state index in [1.165, 1.54) is 17.7 Å². The fourth-order valence-electron chi connectivity index (χ4n) is 3.37. The van der Waals surface area contributed by atoms with Gasteiger partial charge in [0.25, 0.3) is 0 Å². The van der Waals surface area contributed by atoms with E-state index in [1.54, 1.807) is 36.7 Å². The third kappa shape index (κ3) is 8.32. The minimum absolute atomic E-state index is 0.131. The quantitative estimate of drug-likeness (QED) is 0.183. The second-order valence-electron chi connectivity index (χ2n) is 7.80. The summed E-state index contributed by atoms with van der Waals surface area (Å²) < 4.78 is 44.6. The van der Waals surface area contributed by atoms with Crippen LogP contribution in [-0.4, -0.2) is 25.5 Å². The standard InChI is InChI=1S/C25H24F3N5OS/c26-25(27,28)35-23-11-6-20(7-12-23)8-13-24-31-22(18-34-24)17-29-21-9-4-19(5-10-21)3-1-2-15-33-16-14-30-32-33/h4-14,16,18,29H,1-3,15,17H2/b13-8+. The van der Waals surface area contributed by atoms with Gasteiger partial charge in [0.15, 0.2) is 0 Å². The second kappa shape index (κ2) is 11.7. The number of anilines is 1. The van der Waals surface area contributed by atoms with Crippen molar-refractivity contribution >= 4 is 29.6 Å². The van der Waals surface area contributed by atoms with E-state index in [0.29, 0.717) is 12.4 Å². The molecule has 0 amide bonds. The van der Waals surface area contributed by atoms with Crippen molar-refractivity contribution in [2.75, 3.05) is 5.32 Å². The van der Waals surface area contributed by atoms with E-state index in [0.717, 1.165) is 42.8 Å². The van der Waals surface area contributed by atoms with Crippen molar-refractivity contribution in [1.29, 1.82) is 0 Å². The molecule has 0 radical (unpaired) electrons. The highest BCUT2D eigenvalue weighted by molar-refractivity contribution is 8.00. The van der Waals surface area contributed by atoms with Crippen molar-refractivity contribution in [2.45, 2.75) is 42.8 Å². The number of hydrogen-bond acceptors (Lipinski definition) is 6. The Morgan fingerprint density at radius 1 is 1.00 bits per heavy atom. The number of benzene rings is 2. The van der Waals surface area contributed by atoms with Crippen LogP contribution in [0.25, 0.3) is 12.2 Å². The summed E-state index contributed by atoms with van der Waals surface area (Å²) in [6.45, 7) is 1.39. The SMILES string of the molecule is FC(F)(F)Sc1ccc(/C=C/c2nc(CNc3ccc(CCCCn4ccnn4)cc3)co2)cc1. The van der Waals surface area contributed by atoms with Gasteiger partial charge in [-0.15, -0.1) is 5.10 Å². The lowest BCUT2D eigenvalue weighted by Gasteiger charge is -2.06. The van der Waals surface area contributed by atoms with Gasteiger partial charge in [-0.25, -0.2) is 4.98 Å². The van der Waals surface area contributed by atoms with E-state index in [-0.39, 0.29) is 16.7 Å². The molecule has 10 heteroatoms. The first-order valence-corrected chi connectivity index (χ1v) is 11.9. The van der Waals surface area contributed by atoms with E-state index < -0.39 is 5.51 Å². The molecule has 0 bridgehead atoms. The van der Waals surface area contributed by atoms with E-state index in [2.05, 4.69) is 32.7 Å². The smallest absolute Gasteiger partial charge is 0.445 e. The first-order valence-electron chi connectivity index (χ1n) is 11.1. The Morgan fingerprint density at radius 2 is 1.80 bits per heavy atom. The number of alkyl halides is 3. The summed E-state index contributed by atoms with van der Waals surface area (Å²) in [7, 11) is 0. The number of nitrogens with zero attached hydrogens (tertiary/aromatic N) is 4. The highest BCUT2D eigenvalue weighted by Crippen LogP contribution is 2.36. The number of thioether (sulfide) groups is 1. The van der Waals surface area contributed by atoms with Gasteiger partial charge in [-0.3, -0.25) is 4.68 Å². The Kier molecular flexibility index (Phi) is 8.25. The predicted octanol–water partition coefficient (Wildman–Crippen LogP) is 6.68. The molecule has 0 aliphatic carbocycles. The Labute approximate surface area is 205 Å². The number of aryl methyl sites for hydroxylation is 2. The third-order valence-electron chi connectivity index (χ3n) is 5.10. The van der Waals surface area contributed by atoms with Crippen molar-refractivity contribution in [3.63, 3.8) is 0 Å². The number of unbranched alkanes of at least 4 members (excludes halogenated alkanes) is 1. The molecule has 1 N–H and O–H groups in total. The maximum atomic E-state index is 12.4. The van der Waals surface area contributed by atoms with Crippen molar-refractivity contribution in [2.24, 2.45) is 0 Å². The summed E-state index contributed by atoms with van der Waals surface area (Å²) in [6.07, 6.45) is 11.7. The Balaban J connectivity index is 1.20. The van der Waals surface area contributed by atoms with E-state index >= 15 is 0 Å². The Bertz CT molecular complexity index is 1200. The molecule has 0 aliphatic heterocycles. The lowest BCUT2D eigenvalue weighted by Crippen LogP contribution is -2.00. The summed E-state index contributed by atoms with van der Waals surface area (Å²) in [5.41, 5.74) is -0.505. The molecule has 35 heavy (non-hydrogen) atoms. The molecular formula is C25H24F3N5OS. The highest BCUT2D eigenvalue weighted by Gasteiger charge is 2.28. The molecule has 2 aromatic heterocycles. The Morgan fingerprint density at radius 3 is 2.51 bits per heavy atom. The van der Waals surface area contributed by atoms with Crippen LogP contribution in [0.3, 0.4) is 0 Å². The van der Waals surface area contributed by atoms with E-state index in [1.807, 2.05) is 23.0 Å². The molecule has 2 aromatic carbocycles. The molecule has 0 unspecified atom stereocenters. The number of nitrogens with one attached hydrogen (secondary N) is 1. The normalized spacial score (nSPS) is 11.9. The molecule has 0 spiro atoms. The molecule has 4 rings (SSSR count). The van der Waals surface area contributed by atoms with Crippen LogP contribution in [0.5, 0.6) is 0 Å². The topological polar surface area (TPSA) is 68.8 Å². The van der Waals surface area contributed by atoms with Crippen LogP contribution in [0.1, 0.15) is 35.6 Å². The van der Waals surface area contributed by atoms with Crippen LogP contribution in [0.2, 0.25) is 0 Å². The minimum atomic E-state index is -4.29. The molecule has 0 aliphatic rings. The van der Waals surface area contributed by atoms with Gasteiger partial charge in [0.05, 0.1) is 18.4 Å². The monoisotopic (exact) mass is 499 g/mol. The van der Waals surface area contributed by atoms with Crippen molar-refractivity contribution in [3.8, 4) is 0 Å². The first kappa shape index (κ1) is 24.6. The van der Waals surface area contributed by atoms with Crippen LogP contribution in [-0.2, 0) is 19.5 Å². The number of oxazole rings is 1. The summed E-state index contributed by atoms with van der Waals surface area (Å²) >= 11 is -0.131. The molecule has 0 atom stereocenters. The summed E-state index contributed by atoms with van der Waals surface area (Å²) in [5, 5.41) is 11.1. The fraction of sp³-hybridized carbons (Fsp3) is 0.240. The second-order valence-corrected chi connectivity index (χ2v) is 8.94. The van der Waals surface area contributed by atoms with Crippen LogP contribution < -0.4 is 5.32 Å². The van der Waals surface area contributed by atoms with E-state index in [4.69, 9.17) is 4.42 Å². The van der Waals surface area contributed by atoms with Crippen LogP contribution in [0.4, 0.5) is 18.9 Å². The van der Waals surface area contributed by atoms with Gasteiger partial charge in [-0.05, 0) is 72.5 Å². The van der Waals surface area contributed by atoms with Crippen LogP contribution in [0.15, 0.2) is 76.5 Å². The van der Waals surface area contributed by atoms with E-state index in [9.17, 15) is 13.2 Å². The summed E-state index contributed by atoms with van der Waals surface area (Å²) in [6, 6.07) is 14.5.